The van der Waals surface area contributed by atoms with Crippen LogP contribution in [0, 0.1) is 13.6 Å². The van der Waals surface area contributed by atoms with E-state index in [1.165, 1.54) is 21.5 Å². The standard InChI is InChI=1S/C13H15N.C9H12N.C7H11NS.CH3.Re.Rf/c1-13(2,3)11-8-9-14-12-7-5-4-6-10(11)12;1-9(2,3)8-5-4-6-10-7-8;1-7(2,3)6-8-4-5-9-6;;;/h4-9H,1-3H3;4-5,7H,1-3H3;4-5H,1-3H3;1H3;;/q;-1;;-1;;. The third kappa shape index (κ3) is 10.8. The van der Waals surface area contributed by atoms with Crippen LogP contribution < -0.4 is 0 Å². The van der Waals surface area contributed by atoms with Gasteiger partial charge in [0.2, 0.25) is 0 Å². The molecule has 0 bridgehead atoms. The van der Waals surface area contributed by atoms with Crippen LogP contribution in [-0.4, -0.2) is 15.0 Å². The normalized spacial score (nSPS) is 10.8. The molecule has 0 unspecified atom stereocenters. The topological polar surface area (TPSA) is 38.7 Å². The van der Waals surface area contributed by atoms with Crippen LogP contribution in [0.1, 0.15) is 78.4 Å². The Bertz CT molecular complexity index is 1110. The number of hydrogen-bond acceptors (Lipinski definition) is 4. The fraction of sp³-hybridized carbons (Fsp3) is 0.400. The van der Waals surface area contributed by atoms with Gasteiger partial charge in [0.25, 0.3) is 0 Å². The largest absolute Gasteiger partial charge is 0.394 e. The number of rotatable bonds is 0. The summed E-state index contributed by atoms with van der Waals surface area (Å²) in [4.78, 5) is 12.5. The maximum Gasteiger partial charge on any atom is 0.0978 e. The first kappa shape index (κ1) is 35.2. The number of hydrogen-bond donors (Lipinski definition) is 0. The van der Waals surface area contributed by atoms with Gasteiger partial charge in [-0.05, 0) is 28.5 Å². The number of thiazole rings is 1. The van der Waals surface area contributed by atoms with Crippen molar-refractivity contribution in [3.63, 3.8) is 0 Å². The smallest absolute Gasteiger partial charge is 0.0978 e. The average molecular weight is 929 g/mol. The van der Waals surface area contributed by atoms with Crippen molar-refractivity contribution in [1.82, 2.24) is 15.0 Å². The summed E-state index contributed by atoms with van der Waals surface area (Å²) >= 11 is 1.72. The third-order valence-corrected chi connectivity index (χ3v) is 6.21. The quantitative estimate of drug-likeness (QED) is 0.166. The van der Waals surface area contributed by atoms with Crippen LogP contribution in [-0.2, 0) is 36.7 Å². The molecular weight excluding hydrogens is 888 g/mol. The molecule has 0 aliphatic rings. The van der Waals surface area contributed by atoms with E-state index < -0.39 is 0 Å². The summed E-state index contributed by atoms with van der Waals surface area (Å²) < 4.78 is 0. The number of pyridine rings is 2. The zero-order valence-corrected chi connectivity index (χ0v) is 33.6. The Balaban J connectivity index is 0. The van der Waals surface area contributed by atoms with Gasteiger partial charge < -0.3 is 12.4 Å². The van der Waals surface area contributed by atoms with Crippen molar-refractivity contribution in [2.75, 3.05) is 0 Å². The maximum absolute atomic E-state index is 4.36. The zero-order valence-electron chi connectivity index (χ0n) is 23.7. The molecule has 3 heterocycles. The van der Waals surface area contributed by atoms with Gasteiger partial charge in [-0.2, -0.15) is 12.1 Å². The van der Waals surface area contributed by atoms with Gasteiger partial charge in [0.1, 0.15) is 0 Å². The molecule has 6 heteroatoms. The summed E-state index contributed by atoms with van der Waals surface area (Å²) in [5, 5.41) is 4.49. The van der Waals surface area contributed by atoms with Crippen molar-refractivity contribution in [1.29, 1.82) is 0 Å². The van der Waals surface area contributed by atoms with Gasteiger partial charge in [-0.15, -0.1) is 16.9 Å². The molecule has 1 aromatic carbocycles. The van der Waals surface area contributed by atoms with E-state index in [1.807, 2.05) is 42.2 Å². The number of aromatic nitrogens is 3. The Morgan fingerprint density at radius 1 is 0.750 bits per heavy atom. The fourth-order valence-corrected chi connectivity index (χ4v) is 3.83. The molecule has 0 saturated heterocycles. The van der Waals surface area contributed by atoms with E-state index in [4.69, 9.17) is 0 Å². The molecule has 0 amide bonds. The first-order chi connectivity index (χ1) is 15.3. The second kappa shape index (κ2) is 14.6. The summed E-state index contributed by atoms with van der Waals surface area (Å²) in [5.41, 5.74) is 4.33. The maximum atomic E-state index is 4.36. The Hall–Kier alpha value is -2.93. The Morgan fingerprint density at radius 2 is 1.39 bits per heavy atom. The monoisotopic (exact) mass is 929 g/mol. The zero-order chi connectivity index (χ0) is 24.7. The minimum atomic E-state index is 0. The molecule has 193 valence electrons. The van der Waals surface area contributed by atoms with Crippen molar-refractivity contribution in [3.05, 3.63) is 96.2 Å². The third-order valence-electron chi connectivity index (χ3n) is 5.01. The van der Waals surface area contributed by atoms with Crippen LogP contribution in [0.3, 0.4) is 0 Å². The van der Waals surface area contributed by atoms with E-state index in [0.29, 0.717) is 0 Å². The van der Waals surface area contributed by atoms with Gasteiger partial charge in [-0.1, -0.05) is 92.9 Å². The van der Waals surface area contributed by atoms with Gasteiger partial charge in [0, 0.05) is 49.0 Å². The first-order valence-corrected chi connectivity index (χ1v) is 12.2. The number of para-hydroxylation sites is 1. The molecule has 0 N–H and O–H groups in total. The molecule has 0 saturated carbocycles. The SMILES string of the molecule is CC(C)(C)c1cc[c-]nc1.CC(C)(C)c1ccnc2ccccc12.CC(C)(C)c1nccs1.[CH3-].[Re].[Rf]. The Labute approximate surface area is 231 Å². The Kier molecular flexibility index (Phi) is 14.3. The van der Waals surface area contributed by atoms with Crippen molar-refractivity contribution in [2.24, 2.45) is 0 Å². The van der Waals surface area contributed by atoms with Crippen LogP contribution in [0.2, 0.25) is 0 Å². The molecule has 3 aromatic heterocycles. The van der Waals surface area contributed by atoms with Crippen LogP contribution in [0.15, 0.2) is 66.4 Å². The van der Waals surface area contributed by atoms with Gasteiger partial charge in [0.15, 0.2) is 0 Å². The van der Waals surface area contributed by atoms with Crippen LogP contribution in [0.4, 0.5) is 0 Å². The molecule has 0 atom stereocenters. The van der Waals surface area contributed by atoms with E-state index in [2.05, 4.69) is 108 Å². The van der Waals surface area contributed by atoms with E-state index in [-0.39, 0.29) is 44.1 Å². The number of benzene rings is 1. The van der Waals surface area contributed by atoms with Crippen LogP contribution >= 0.6 is 11.3 Å². The summed E-state index contributed by atoms with van der Waals surface area (Å²) in [6.07, 6.45) is 8.36. The predicted molar refractivity (Wildman–Crippen MR) is 149 cm³/mol. The number of fused-ring (bicyclic) bond motifs is 1. The van der Waals surface area contributed by atoms with Gasteiger partial charge in [0.05, 0.1) is 10.5 Å². The minimum Gasteiger partial charge on any atom is -0.394 e. The molecule has 0 spiro atoms. The van der Waals surface area contributed by atoms with Crippen molar-refractivity contribution in [3.8, 4) is 0 Å². The van der Waals surface area contributed by atoms with Crippen LogP contribution in [0.5, 0.6) is 0 Å². The average Bonchev–Trinajstić information content (AvgIpc) is 3.29. The van der Waals surface area contributed by atoms with Crippen LogP contribution in [0.25, 0.3) is 10.9 Å². The molecular formula is C30H41N3ReRfS-2. The van der Waals surface area contributed by atoms with E-state index in [9.17, 15) is 0 Å². The predicted octanol–water partition coefficient (Wildman–Crippen LogP) is 8.60. The molecule has 36 heavy (non-hydrogen) atoms. The molecule has 3 nitrogen and oxygen atoms in total. The van der Waals surface area contributed by atoms with E-state index >= 15 is 0 Å². The van der Waals surface area contributed by atoms with Crippen molar-refractivity contribution >= 4 is 22.2 Å². The molecule has 0 fully saturated rings. The second-order valence-electron chi connectivity index (χ2n) is 11.1. The van der Waals surface area contributed by atoms with Gasteiger partial charge in [-0.3, -0.25) is 4.98 Å². The van der Waals surface area contributed by atoms with E-state index in [1.54, 1.807) is 11.3 Å². The van der Waals surface area contributed by atoms with Crippen molar-refractivity contribution < 1.29 is 20.4 Å². The first-order valence-electron chi connectivity index (χ1n) is 11.4. The Morgan fingerprint density at radius 3 is 1.81 bits per heavy atom. The second-order valence-corrected chi connectivity index (χ2v) is 12.0. The molecule has 4 aromatic rings. The van der Waals surface area contributed by atoms with E-state index in [0.717, 1.165) is 5.52 Å². The van der Waals surface area contributed by atoms with Crippen molar-refractivity contribution in [2.45, 2.75) is 78.6 Å². The molecule has 0 aliphatic heterocycles. The summed E-state index contributed by atoms with van der Waals surface area (Å²) in [6.45, 7) is 19.7. The summed E-state index contributed by atoms with van der Waals surface area (Å²) in [7, 11) is 0. The summed E-state index contributed by atoms with van der Waals surface area (Å²) in [6, 6.07) is 14.3. The minimum absolute atomic E-state index is 0. The fourth-order valence-electron chi connectivity index (χ4n) is 3.11. The molecule has 1 radical (unpaired) electrons. The van der Waals surface area contributed by atoms with Gasteiger partial charge in [-0.25, -0.2) is 4.98 Å². The summed E-state index contributed by atoms with van der Waals surface area (Å²) in [5.74, 6) is 0. The molecule has 4 rings (SSSR count). The molecule has 0 aliphatic carbocycles. The number of nitrogens with zero attached hydrogens (tertiary/aromatic N) is 3. The van der Waals surface area contributed by atoms with Gasteiger partial charge >= 0.3 is 0 Å².